The van der Waals surface area contributed by atoms with Gasteiger partial charge in [0.05, 0.1) is 0 Å². The predicted molar refractivity (Wildman–Crippen MR) is 95.0 cm³/mol. The molecule has 0 heterocycles. The van der Waals surface area contributed by atoms with Crippen molar-refractivity contribution < 1.29 is 9.90 Å². The normalized spacial score (nSPS) is 18.8. The van der Waals surface area contributed by atoms with Crippen molar-refractivity contribution in [2.75, 3.05) is 0 Å². The molecule has 3 aromatic carbocycles. The molecule has 0 saturated carbocycles. The van der Waals surface area contributed by atoms with Crippen LogP contribution in [0.1, 0.15) is 27.0 Å². The quantitative estimate of drug-likeness (QED) is 0.766. The molecule has 24 heavy (non-hydrogen) atoms. The molecule has 0 bridgehead atoms. The van der Waals surface area contributed by atoms with E-state index in [1.165, 1.54) is 0 Å². The average Bonchev–Trinajstić information content (AvgIpc) is 2.60. The van der Waals surface area contributed by atoms with Crippen LogP contribution in [-0.2, 0) is 12.0 Å². The summed E-state index contributed by atoms with van der Waals surface area (Å²) < 4.78 is 0. The van der Waals surface area contributed by atoms with E-state index in [2.05, 4.69) is 0 Å². The van der Waals surface area contributed by atoms with Crippen LogP contribution in [-0.4, -0.2) is 10.9 Å². The highest BCUT2D eigenvalue weighted by atomic mass is 16.3. The summed E-state index contributed by atoms with van der Waals surface area (Å²) in [7, 11) is 0. The highest BCUT2D eigenvalue weighted by molar-refractivity contribution is 6.11. The molecule has 118 valence electrons. The van der Waals surface area contributed by atoms with Crippen molar-refractivity contribution in [1.82, 2.24) is 0 Å². The summed E-state index contributed by atoms with van der Waals surface area (Å²) in [6.07, 6.45) is 0.277. The van der Waals surface area contributed by atoms with Gasteiger partial charge in [0, 0.05) is 12.0 Å². The molecule has 2 heteroatoms. The van der Waals surface area contributed by atoms with Gasteiger partial charge in [-0.25, -0.2) is 0 Å². The number of carbonyl (C=O) groups is 1. The van der Waals surface area contributed by atoms with Crippen molar-refractivity contribution in [3.63, 3.8) is 0 Å². The maximum absolute atomic E-state index is 13.1. The third kappa shape index (κ3) is 2.19. The molecule has 0 aromatic heterocycles. The number of hydrogen-bond donors (Lipinski definition) is 1. The van der Waals surface area contributed by atoms with Crippen molar-refractivity contribution in [3.8, 4) is 11.1 Å². The third-order valence-electron chi connectivity index (χ3n) is 4.75. The van der Waals surface area contributed by atoms with Crippen LogP contribution in [0, 0.1) is 6.92 Å². The zero-order valence-corrected chi connectivity index (χ0v) is 13.5. The number of aryl methyl sites for hydroxylation is 1. The maximum Gasteiger partial charge on any atom is 0.199 e. The first kappa shape index (κ1) is 14.9. The van der Waals surface area contributed by atoms with E-state index in [9.17, 15) is 9.90 Å². The Morgan fingerprint density at radius 3 is 2.25 bits per heavy atom. The molecule has 4 rings (SSSR count). The second-order valence-corrected chi connectivity index (χ2v) is 6.45. The molecule has 1 N–H and O–H groups in total. The largest absolute Gasteiger partial charge is 0.377 e. The molecule has 1 unspecified atom stereocenters. The number of aliphatic hydroxyl groups is 1. The van der Waals surface area contributed by atoms with Crippen LogP contribution in [0.3, 0.4) is 0 Å². The molecule has 0 radical (unpaired) electrons. The maximum atomic E-state index is 13.1. The number of hydrogen-bond acceptors (Lipinski definition) is 2. The lowest BCUT2D eigenvalue weighted by molar-refractivity contribution is 0.0293. The van der Waals surface area contributed by atoms with Crippen molar-refractivity contribution in [3.05, 3.63) is 95.1 Å². The molecular weight excluding hydrogens is 296 g/mol. The van der Waals surface area contributed by atoms with Gasteiger partial charge in [0.25, 0.3) is 0 Å². The first-order valence-corrected chi connectivity index (χ1v) is 8.11. The van der Waals surface area contributed by atoms with Crippen LogP contribution in [0.4, 0.5) is 0 Å². The smallest absolute Gasteiger partial charge is 0.199 e. The Hall–Kier alpha value is -2.71. The minimum absolute atomic E-state index is 0.224. The fraction of sp³-hybridized carbons (Fsp3) is 0.136. The second-order valence-electron chi connectivity index (χ2n) is 6.45. The summed E-state index contributed by atoms with van der Waals surface area (Å²) in [5.74, 6) is -0.224. The van der Waals surface area contributed by atoms with E-state index in [4.69, 9.17) is 0 Å². The van der Waals surface area contributed by atoms with E-state index in [0.717, 1.165) is 22.3 Å². The van der Waals surface area contributed by atoms with Gasteiger partial charge in [0.15, 0.2) is 11.4 Å². The Balaban J connectivity index is 1.91. The molecule has 0 spiro atoms. The standard InChI is InChI=1S/C22H18O2/c1-15-7-6-8-16(13-15)14-22(24)20-12-5-4-10-18(20)17-9-2-3-11-19(17)21(22)23/h2-13,24H,14H2,1H3. The van der Waals surface area contributed by atoms with Gasteiger partial charge in [-0.1, -0.05) is 78.4 Å². The zero-order chi connectivity index (χ0) is 16.7. The van der Waals surface area contributed by atoms with Gasteiger partial charge < -0.3 is 5.11 Å². The molecule has 0 saturated heterocycles. The van der Waals surface area contributed by atoms with Gasteiger partial charge in [-0.05, 0) is 29.2 Å². The fourth-order valence-corrected chi connectivity index (χ4v) is 3.63. The summed E-state index contributed by atoms with van der Waals surface area (Å²) >= 11 is 0. The van der Waals surface area contributed by atoms with E-state index >= 15 is 0 Å². The summed E-state index contributed by atoms with van der Waals surface area (Å²) in [6.45, 7) is 2.01. The van der Waals surface area contributed by atoms with Crippen LogP contribution in [0.25, 0.3) is 11.1 Å². The lowest BCUT2D eigenvalue weighted by atomic mass is 9.72. The molecule has 1 atom stereocenters. The SMILES string of the molecule is Cc1cccc(CC2(O)C(=O)c3ccccc3-c3ccccc32)c1. The number of Topliss-reactive ketones (excluding diaryl/α,β-unsaturated/α-hetero) is 1. The number of benzene rings is 3. The molecule has 1 aliphatic carbocycles. The van der Waals surface area contributed by atoms with E-state index in [1.54, 1.807) is 6.07 Å². The number of fused-ring (bicyclic) bond motifs is 3. The predicted octanol–water partition coefficient (Wildman–Crippen LogP) is 4.29. The van der Waals surface area contributed by atoms with Crippen molar-refractivity contribution in [2.45, 2.75) is 18.9 Å². The van der Waals surface area contributed by atoms with Crippen LogP contribution >= 0.6 is 0 Å². The minimum atomic E-state index is -1.53. The van der Waals surface area contributed by atoms with Crippen LogP contribution in [0.5, 0.6) is 0 Å². The second kappa shape index (κ2) is 5.43. The van der Waals surface area contributed by atoms with Crippen molar-refractivity contribution >= 4 is 5.78 Å². The van der Waals surface area contributed by atoms with Crippen molar-refractivity contribution in [2.24, 2.45) is 0 Å². The van der Waals surface area contributed by atoms with Crippen LogP contribution in [0.15, 0.2) is 72.8 Å². The van der Waals surface area contributed by atoms with Gasteiger partial charge in [0.1, 0.15) is 0 Å². The summed E-state index contributed by atoms with van der Waals surface area (Å²) in [5, 5.41) is 11.4. The minimum Gasteiger partial charge on any atom is -0.377 e. The van der Waals surface area contributed by atoms with Crippen LogP contribution < -0.4 is 0 Å². The summed E-state index contributed by atoms with van der Waals surface area (Å²) in [6, 6.07) is 23.1. The molecule has 3 aromatic rings. The van der Waals surface area contributed by atoms with Gasteiger partial charge in [-0.3, -0.25) is 4.79 Å². The van der Waals surface area contributed by atoms with Gasteiger partial charge >= 0.3 is 0 Å². The van der Waals surface area contributed by atoms with E-state index in [1.807, 2.05) is 73.7 Å². The van der Waals surface area contributed by atoms with E-state index in [-0.39, 0.29) is 12.2 Å². The summed E-state index contributed by atoms with van der Waals surface area (Å²) in [5.41, 5.74) is 3.66. The average molecular weight is 314 g/mol. The monoisotopic (exact) mass is 314 g/mol. The van der Waals surface area contributed by atoms with Crippen LogP contribution in [0.2, 0.25) is 0 Å². The summed E-state index contributed by atoms with van der Waals surface area (Å²) in [4.78, 5) is 13.1. The molecular formula is C22H18O2. The Kier molecular flexibility index (Phi) is 3.36. The lowest BCUT2D eigenvalue weighted by Crippen LogP contribution is -2.41. The molecule has 0 aliphatic heterocycles. The number of carbonyl (C=O) groups excluding carboxylic acids is 1. The first-order chi connectivity index (χ1) is 11.6. The van der Waals surface area contributed by atoms with E-state index in [0.29, 0.717) is 11.1 Å². The Bertz CT molecular complexity index is 942. The molecule has 2 nitrogen and oxygen atoms in total. The van der Waals surface area contributed by atoms with Gasteiger partial charge in [0.2, 0.25) is 0 Å². The number of ketones is 1. The first-order valence-electron chi connectivity index (χ1n) is 8.11. The molecule has 0 fully saturated rings. The Morgan fingerprint density at radius 2 is 1.50 bits per heavy atom. The fourth-order valence-electron chi connectivity index (χ4n) is 3.63. The topological polar surface area (TPSA) is 37.3 Å². The lowest BCUT2D eigenvalue weighted by Gasteiger charge is -2.34. The van der Waals surface area contributed by atoms with E-state index < -0.39 is 5.60 Å². The highest BCUT2D eigenvalue weighted by Crippen LogP contribution is 2.43. The third-order valence-corrected chi connectivity index (χ3v) is 4.75. The Labute approximate surface area is 141 Å². The zero-order valence-electron chi connectivity index (χ0n) is 13.5. The highest BCUT2D eigenvalue weighted by Gasteiger charge is 2.44. The van der Waals surface area contributed by atoms with Gasteiger partial charge in [-0.15, -0.1) is 0 Å². The van der Waals surface area contributed by atoms with Crippen molar-refractivity contribution in [1.29, 1.82) is 0 Å². The molecule has 1 aliphatic rings. The van der Waals surface area contributed by atoms with Gasteiger partial charge in [-0.2, -0.15) is 0 Å². The number of rotatable bonds is 2. The molecule has 0 amide bonds. The Morgan fingerprint density at radius 1 is 0.833 bits per heavy atom.